The van der Waals surface area contributed by atoms with E-state index in [9.17, 15) is 18.0 Å². The third kappa shape index (κ3) is 6.29. The van der Waals surface area contributed by atoms with Gasteiger partial charge >= 0.3 is 5.97 Å². The van der Waals surface area contributed by atoms with Crippen molar-refractivity contribution in [2.75, 3.05) is 19.7 Å². The molecule has 0 saturated carbocycles. The molecule has 0 atom stereocenters. The van der Waals surface area contributed by atoms with E-state index in [1.165, 1.54) is 4.31 Å². The Morgan fingerprint density at radius 1 is 1.00 bits per heavy atom. The van der Waals surface area contributed by atoms with Crippen LogP contribution in [0.15, 0.2) is 29.2 Å². The molecule has 1 fully saturated rings. The van der Waals surface area contributed by atoms with Crippen LogP contribution in [0.5, 0.6) is 0 Å². The zero-order chi connectivity index (χ0) is 23.3. The highest BCUT2D eigenvalue weighted by molar-refractivity contribution is 7.89. The number of hydrogen-bond acceptors (Lipinski definition) is 5. The Labute approximate surface area is 186 Å². The Morgan fingerprint density at radius 2 is 1.52 bits per heavy atom. The van der Waals surface area contributed by atoms with Crippen LogP contribution in [0.3, 0.4) is 0 Å². The molecule has 1 amide bonds. The van der Waals surface area contributed by atoms with E-state index >= 15 is 0 Å². The van der Waals surface area contributed by atoms with Crippen molar-refractivity contribution in [3.05, 3.63) is 29.8 Å². The summed E-state index contributed by atoms with van der Waals surface area (Å²) in [5.41, 5.74) is 1.09. The summed E-state index contributed by atoms with van der Waals surface area (Å²) in [6.45, 7) is 12.0. The van der Waals surface area contributed by atoms with Gasteiger partial charge in [0.15, 0.2) is 6.61 Å². The summed E-state index contributed by atoms with van der Waals surface area (Å²) < 4.78 is 32.5. The maximum Gasteiger partial charge on any atom is 0.309 e. The van der Waals surface area contributed by atoms with Crippen molar-refractivity contribution in [1.82, 2.24) is 9.21 Å². The Bertz CT molecular complexity index is 846. The van der Waals surface area contributed by atoms with Crippen LogP contribution in [0, 0.1) is 5.92 Å². The summed E-state index contributed by atoms with van der Waals surface area (Å²) in [7, 11) is -3.59. The van der Waals surface area contributed by atoms with Crippen molar-refractivity contribution in [3.8, 4) is 0 Å². The molecule has 7 nitrogen and oxygen atoms in total. The standard InChI is InChI=1S/C23H36N2O5S/c1-16(2)19-7-9-21(10-8-19)31(28,29)24-13-11-20(12-14-24)23(27)30-15-22(26)25(17(3)4)18(5)6/h7-10,16-18,20H,11-15H2,1-6H3. The quantitative estimate of drug-likeness (QED) is 0.565. The van der Waals surface area contributed by atoms with Gasteiger partial charge in [0, 0.05) is 25.2 Å². The molecule has 31 heavy (non-hydrogen) atoms. The number of hydrogen-bond donors (Lipinski definition) is 0. The van der Waals surface area contributed by atoms with E-state index in [1.807, 2.05) is 39.8 Å². The lowest BCUT2D eigenvalue weighted by Crippen LogP contribution is -2.45. The molecule has 2 rings (SSSR count). The lowest BCUT2D eigenvalue weighted by molar-refractivity contribution is -0.157. The number of rotatable bonds is 8. The number of sulfonamides is 1. The number of esters is 1. The molecule has 0 aliphatic carbocycles. The van der Waals surface area contributed by atoms with Crippen LogP contribution in [0.1, 0.15) is 65.9 Å². The first kappa shape index (κ1) is 25.3. The molecule has 1 saturated heterocycles. The van der Waals surface area contributed by atoms with Gasteiger partial charge in [0.25, 0.3) is 5.91 Å². The van der Waals surface area contributed by atoms with E-state index < -0.39 is 21.9 Å². The number of amides is 1. The number of ether oxygens (including phenoxy) is 1. The molecule has 0 spiro atoms. The Balaban J connectivity index is 1.91. The van der Waals surface area contributed by atoms with Crippen LogP contribution in [-0.4, -0.2) is 61.3 Å². The smallest absolute Gasteiger partial charge is 0.309 e. The number of benzene rings is 1. The van der Waals surface area contributed by atoms with Crippen LogP contribution in [0.25, 0.3) is 0 Å². The van der Waals surface area contributed by atoms with Crippen LogP contribution in [0.2, 0.25) is 0 Å². The second kappa shape index (κ2) is 10.6. The molecule has 1 heterocycles. The second-order valence-electron chi connectivity index (χ2n) is 9.00. The van der Waals surface area contributed by atoms with Gasteiger partial charge in [-0.3, -0.25) is 9.59 Å². The van der Waals surface area contributed by atoms with Crippen LogP contribution in [0.4, 0.5) is 0 Å². The second-order valence-corrected chi connectivity index (χ2v) is 10.9. The highest BCUT2D eigenvalue weighted by Gasteiger charge is 2.33. The molecule has 1 aliphatic rings. The predicted octanol–water partition coefficient (Wildman–Crippen LogP) is 3.40. The van der Waals surface area contributed by atoms with Crippen molar-refractivity contribution in [1.29, 1.82) is 0 Å². The zero-order valence-electron chi connectivity index (χ0n) is 19.5. The average Bonchev–Trinajstić information content (AvgIpc) is 2.71. The summed E-state index contributed by atoms with van der Waals surface area (Å²) >= 11 is 0. The van der Waals surface area contributed by atoms with Crippen molar-refractivity contribution < 1.29 is 22.7 Å². The summed E-state index contributed by atoms with van der Waals surface area (Å²) in [4.78, 5) is 26.8. The van der Waals surface area contributed by atoms with Crippen LogP contribution >= 0.6 is 0 Å². The Morgan fingerprint density at radius 3 is 1.97 bits per heavy atom. The molecule has 0 aromatic heterocycles. The topological polar surface area (TPSA) is 84.0 Å². The van der Waals surface area contributed by atoms with Gasteiger partial charge in [0.1, 0.15) is 0 Å². The van der Waals surface area contributed by atoms with E-state index in [4.69, 9.17) is 4.74 Å². The fourth-order valence-corrected chi connectivity index (χ4v) is 5.47. The minimum Gasteiger partial charge on any atom is -0.455 e. The van der Waals surface area contributed by atoms with Gasteiger partial charge in [-0.25, -0.2) is 8.42 Å². The first-order valence-corrected chi connectivity index (χ1v) is 12.5. The summed E-state index contributed by atoms with van der Waals surface area (Å²) in [6, 6.07) is 7.02. The van der Waals surface area contributed by atoms with E-state index in [1.54, 1.807) is 17.0 Å². The minimum absolute atomic E-state index is 0.0225. The lowest BCUT2D eigenvalue weighted by Gasteiger charge is -2.32. The molecule has 1 aromatic rings. The van der Waals surface area contributed by atoms with Crippen LogP contribution < -0.4 is 0 Å². The SMILES string of the molecule is CC(C)c1ccc(S(=O)(=O)N2CCC(C(=O)OCC(=O)N(C(C)C)C(C)C)CC2)cc1. The maximum atomic E-state index is 12.9. The van der Waals surface area contributed by atoms with Gasteiger partial charge in [-0.1, -0.05) is 26.0 Å². The molecule has 0 radical (unpaired) electrons. The fraction of sp³-hybridized carbons (Fsp3) is 0.652. The molecule has 174 valence electrons. The van der Waals surface area contributed by atoms with Gasteiger partial charge in [0.05, 0.1) is 10.8 Å². The largest absolute Gasteiger partial charge is 0.455 e. The highest BCUT2D eigenvalue weighted by atomic mass is 32.2. The van der Waals surface area contributed by atoms with E-state index in [0.717, 1.165) is 5.56 Å². The summed E-state index contributed by atoms with van der Waals surface area (Å²) in [6.07, 6.45) is 0.767. The van der Waals surface area contributed by atoms with Crippen LogP contribution in [-0.2, 0) is 24.3 Å². The molecular formula is C23H36N2O5S. The van der Waals surface area contributed by atoms with Gasteiger partial charge in [-0.2, -0.15) is 4.31 Å². The summed E-state index contributed by atoms with van der Waals surface area (Å²) in [5, 5.41) is 0. The maximum absolute atomic E-state index is 12.9. The normalized spacial score (nSPS) is 16.2. The Kier molecular flexibility index (Phi) is 8.65. The molecule has 1 aliphatic heterocycles. The third-order valence-electron chi connectivity index (χ3n) is 5.71. The van der Waals surface area contributed by atoms with Gasteiger partial charge in [-0.15, -0.1) is 0 Å². The number of nitrogens with zero attached hydrogens (tertiary/aromatic N) is 2. The first-order chi connectivity index (χ1) is 14.4. The van der Waals surface area contributed by atoms with Crippen molar-refractivity contribution in [2.24, 2.45) is 5.92 Å². The Hall–Kier alpha value is -1.93. The van der Waals surface area contributed by atoms with Crippen molar-refractivity contribution >= 4 is 21.9 Å². The predicted molar refractivity (Wildman–Crippen MR) is 120 cm³/mol. The van der Waals surface area contributed by atoms with Gasteiger partial charge in [0.2, 0.25) is 10.0 Å². The monoisotopic (exact) mass is 452 g/mol. The third-order valence-corrected chi connectivity index (χ3v) is 7.62. The lowest BCUT2D eigenvalue weighted by atomic mass is 9.98. The number of piperidine rings is 1. The molecule has 0 unspecified atom stereocenters. The van der Waals surface area contributed by atoms with Crippen molar-refractivity contribution in [3.63, 3.8) is 0 Å². The molecule has 1 aromatic carbocycles. The number of carbonyl (C=O) groups is 2. The molecular weight excluding hydrogens is 416 g/mol. The van der Waals surface area contributed by atoms with E-state index in [-0.39, 0.29) is 42.6 Å². The minimum atomic E-state index is -3.59. The van der Waals surface area contributed by atoms with E-state index in [0.29, 0.717) is 18.8 Å². The highest BCUT2D eigenvalue weighted by Crippen LogP contribution is 2.26. The van der Waals surface area contributed by atoms with E-state index in [2.05, 4.69) is 13.8 Å². The van der Waals surface area contributed by atoms with Gasteiger partial charge in [-0.05, 0) is 64.2 Å². The summed E-state index contributed by atoms with van der Waals surface area (Å²) in [5.74, 6) is -0.713. The first-order valence-electron chi connectivity index (χ1n) is 11.0. The molecule has 8 heteroatoms. The molecule has 0 bridgehead atoms. The molecule has 0 N–H and O–H groups in total. The zero-order valence-corrected chi connectivity index (χ0v) is 20.3. The average molecular weight is 453 g/mol. The van der Waals surface area contributed by atoms with Crippen molar-refractivity contribution in [2.45, 2.75) is 77.3 Å². The van der Waals surface area contributed by atoms with Gasteiger partial charge < -0.3 is 9.64 Å². The number of carbonyl (C=O) groups excluding carboxylic acids is 2. The fourth-order valence-electron chi connectivity index (χ4n) is 4.00.